The second-order valence-electron chi connectivity index (χ2n) is 8.28. The molecule has 0 radical (unpaired) electrons. The van der Waals surface area contributed by atoms with Gasteiger partial charge in [0.15, 0.2) is 0 Å². The number of phenols is 1. The van der Waals surface area contributed by atoms with Crippen LogP contribution in [0.1, 0.15) is 20.8 Å². The molecule has 184 valence electrons. The van der Waals surface area contributed by atoms with Crippen molar-refractivity contribution in [3.63, 3.8) is 0 Å². The lowest BCUT2D eigenvalue weighted by atomic mass is 10.1. The zero-order valence-electron chi connectivity index (χ0n) is 19.7. The fourth-order valence-electron chi connectivity index (χ4n) is 3.07. The number of carbonyl (C=O) groups excluding carboxylic acids is 2. The molecule has 0 aliphatic rings. The molecule has 2 aromatic heterocycles. The lowest BCUT2D eigenvalue weighted by Gasteiger charge is -2.28. The summed E-state index contributed by atoms with van der Waals surface area (Å²) in [5, 5.41) is 23.2. The van der Waals surface area contributed by atoms with E-state index in [1.54, 1.807) is 24.4 Å². The third-order valence-corrected chi connectivity index (χ3v) is 4.79. The van der Waals surface area contributed by atoms with Crippen LogP contribution in [0.5, 0.6) is 17.2 Å². The Hall–Kier alpha value is -4.09. The average molecular weight is 484 g/mol. The van der Waals surface area contributed by atoms with Gasteiger partial charge in [0, 0.05) is 24.7 Å². The number of pyridine rings is 2. The van der Waals surface area contributed by atoms with Gasteiger partial charge in [-0.25, -0.2) is 9.99 Å². The molecule has 3 rings (SSSR count). The first-order chi connectivity index (χ1) is 16.5. The number of hydrogen-bond acceptors (Lipinski definition) is 8. The molecule has 11 heteroatoms. The highest BCUT2D eigenvalue weighted by atomic mass is 19.2. The molecular weight excluding hydrogens is 457 g/mol. The molecule has 1 aromatic carbocycles. The fourth-order valence-corrected chi connectivity index (χ4v) is 3.07. The number of aliphatic hydroxyl groups is 1. The van der Waals surface area contributed by atoms with Crippen molar-refractivity contribution < 1.29 is 29.0 Å². The largest absolute Gasteiger partial charge is 0.508 e. The maximum absolute atomic E-state index is 14.2. The van der Waals surface area contributed by atoms with Crippen molar-refractivity contribution in [2.75, 3.05) is 18.9 Å². The standard InChI is InChI=1S/C24H26FN5O5/c1-5-17(23(33)29(4)30(25)14-24(2,3)34)22(32)28-21-9-7-16(13-27-21)35-20-10-11-26-19-12-15(31)6-8-18(19)20/h5-13,31,34H,14H2,1-4H3,(H,27,28,32)/b17-5+. The third kappa shape index (κ3) is 6.49. The molecule has 10 nitrogen and oxygen atoms in total. The minimum atomic E-state index is -1.39. The van der Waals surface area contributed by atoms with Gasteiger partial charge in [-0.05, 0) is 56.3 Å². The number of halogens is 1. The number of benzene rings is 1. The zero-order chi connectivity index (χ0) is 25.8. The Morgan fingerprint density at radius 3 is 2.57 bits per heavy atom. The number of ether oxygens (including phenoxy) is 1. The van der Waals surface area contributed by atoms with E-state index < -0.39 is 24.0 Å². The Balaban J connectivity index is 1.68. The summed E-state index contributed by atoms with van der Waals surface area (Å²) >= 11 is 0. The number of aromatic nitrogens is 2. The van der Waals surface area contributed by atoms with E-state index in [2.05, 4.69) is 15.3 Å². The normalized spacial score (nSPS) is 12.0. The maximum Gasteiger partial charge on any atom is 0.275 e. The molecule has 35 heavy (non-hydrogen) atoms. The number of likely N-dealkylation sites (N-methyl/N-ethyl adjacent to an activating group) is 1. The van der Waals surface area contributed by atoms with Crippen molar-refractivity contribution in [2.24, 2.45) is 0 Å². The van der Waals surface area contributed by atoms with Gasteiger partial charge in [-0.3, -0.25) is 14.6 Å². The van der Waals surface area contributed by atoms with Gasteiger partial charge in [-0.1, -0.05) is 6.08 Å². The Morgan fingerprint density at radius 2 is 1.94 bits per heavy atom. The van der Waals surface area contributed by atoms with Gasteiger partial charge < -0.3 is 20.3 Å². The number of allylic oxidation sites excluding steroid dienone is 1. The molecule has 0 saturated heterocycles. The summed E-state index contributed by atoms with van der Waals surface area (Å²) in [6, 6.07) is 9.45. The van der Waals surface area contributed by atoms with Gasteiger partial charge in [0.25, 0.3) is 11.8 Å². The molecular formula is C24H26FN5O5. The Labute approximate surface area is 201 Å². The summed E-state index contributed by atoms with van der Waals surface area (Å²) < 4.78 is 20.1. The molecule has 0 fully saturated rings. The van der Waals surface area contributed by atoms with Gasteiger partial charge in [-0.2, -0.15) is 0 Å². The van der Waals surface area contributed by atoms with Crippen LogP contribution >= 0.6 is 0 Å². The molecule has 3 N–H and O–H groups in total. The van der Waals surface area contributed by atoms with Crippen molar-refractivity contribution in [2.45, 2.75) is 26.4 Å². The lowest BCUT2D eigenvalue weighted by Crippen LogP contribution is -2.47. The second-order valence-corrected chi connectivity index (χ2v) is 8.28. The fraction of sp³-hybridized carbons (Fsp3) is 0.250. The van der Waals surface area contributed by atoms with Crippen LogP contribution < -0.4 is 10.1 Å². The van der Waals surface area contributed by atoms with Crippen molar-refractivity contribution in [3.8, 4) is 17.2 Å². The molecule has 0 unspecified atom stereocenters. The van der Waals surface area contributed by atoms with Crippen LogP contribution in [0.3, 0.4) is 0 Å². The van der Waals surface area contributed by atoms with Crippen LogP contribution in [0, 0.1) is 0 Å². The smallest absolute Gasteiger partial charge is 0.275 e. The predicted molar refractivity (Wildman–Crippen MR) is 127 cm³/mol. The van der Waals surface area contributed by atoms with E-state index in [9.17, 15) is 24.3 Å². The molecule has 2 amide bonds. The van der Waals surface area contributed by atoms with E-state index in [4.69, 9.17) is 4.74 Å². The van der Waals surface area contributed by atoms with Gasteiger partial charge in [-0.15, -0.1) is 4.48 Å². The Morgan fingerprint density at radius 1 is 1.20 bits per heavy atom. The van der Waals surface area contributed by atoms with E-state index in [-0.39, 0.29) is 22.4 Å². The van der Waals surface area contributed by atoms with E-state index >= 15 is 0 Å². The van der Waals surface area contributed by atoms with Crippen LogP contribution in [0.2, 0.25) is 0 Å². The van der Waals surface area contributed by atoms with Gasteiger partial charge in [0.05, 0.1) is 23.9 Å². The topological polar surface area (TPSA) is 128 Å². The van der Waals surface area contributed by atoms with Gasteiger partial charge in [0.1, 0.15) is 28.6 Å². The molecule has 0 saturated carbocycles. The first-order valence-electron chi connectivity index (χ1n) is 10.6. The number of rotatable bonds is 8. The third-order valence-electron chi connectivity index (χ3n) is 4.79. The molecule has 3 aromatic rings. The number of amides is 2. The minimum absolute atomic E-state index is 0.0354. The van der Waals surface area contributed by atoms with Crippen molar-refractivity contribution in [3.05, 3.63) is 60.4 Å². The molecule has 0 aliphatic heterocycles. The first-order valence-corrected chi connectivity index (χ1v) is 10.6. The number of phenolic OH excluding ortho intramolecular Hbond substituents is 1. The SMILES string of the molecule is C/C=C(\C(=O)Nc1ccc(Oc2ccnc3cc(O)ccc23)cn1)C(=O)N(C)N(F)CC(C)(C)O. The summed E-state index contributed by atoms with van der Waals surface area (Å²) in [6.07, 6.45) is 4.19. The summed E-state index contributed by atoms with van der Waals surface area (Å²) in [5.74, 6) is -0.555. The Bertz CT molecular complexity index is 1260. The highest BCUT2D eigenvalue weighted by Gasteiger charge is 2.28. The summed E-state index contributed by atoms with van der Waals surface area (Å²) in [6.45, 7) is 3.79. The lowest BCUT2D eigenvalue weighted by molar-refractivity contribution is -0.193. The molecule has 0 spiro atoms. The van der Waals surface area contributed by atoms with E-state index in [0.29, 0.717) is 27.4 Å². The van der Waals surface area contributed by atoms with Gasteiger partial charge in [0.2, 0.25) is 0 Å². The summed E-state index contributed by atoms with van der Waals surface area (Å²) in [5.41, 5.74) is -1.14. The molecule has 0 bridgehead atoms. The number of nitrogens with one attached hydrogen (secondary N) is 1. The van der Waals surface area contributed by atoms with Crippen LogP contribution in [0.15, 0.2) is 60.4 Å². The van der Waals surface area contributed by atoms with Crippen molar-refractivity contribution in [1.82, 2.24) is 20.2 Å². The Kier molecular flexibility index (Phi) is 7.62. The van der Waals surface area contributed by atoms with Crippen LogP contribution in [-0.2, 0) is 9.59 Å². The zero-order valence-corrected chi connectivity index (χ0v) is 19.7. The summed E-state index contributed by atoms with van der Waals surface area (Å²) in [4.78, 5) is 33.5. The first kappa shape index (κ1) is 25.5. The highest BCUT2D eigenvalue weighted by molar-refractivity contribution is 6.22. The van der Waals surface area contributed by atoms with E-state index in [0.717, 1.165) is 7.05 Å². The van der Waals surface area contributed by atoms with Crippen LogP contribution in [0.25, 0.3) is 10.9 Å². The second kappa shape index (κ2) is 10.5. The maximum atomic E-state index is 14.2. The number of nitrogens with zero attached hydrogens (tertiary/aromatic N) is 4. The number of anilines is 1. The number of hydrazine groups is 1. The molecule has 2 heterocycles. The van der Waals surface area contributed by atoms with Crippen molar-refractivity contribution in [1.29, 1.82) is 0 Å². The summed E-state index contributed by atoms with van der Waals surface area (Å²) in [7, 11) is 1.15. The number of hydrogen-bond donors (Lipinski definition) is 3. The predicted octanol–water partition coefficient (Wildman–Crippen LogP) is 3.34. The number of aromatic hydroxyl groups is 1. The number of fused-ring (bicyclic) bond motifs is 1. The monoisotopic (exact) mass is 483 g/mol. The van der Waals surface area contributed by atoms with E-state index in [1.165, 1.54) is 51.2 Å². The number of carbonyl (C=O) groups is 2. The van der Waals surface area contributed by atoms with Crippen LogP contribution in [-0.4, -0.2) is 61.4 Å². The molecule has 0 aliphatic carbocycles. The average Bonchev–Trinajstić information content (AvgIpc) is 2.79. The highest BCUT2D eigenvalue weighted by Crippen LogP contribution is 2.30. The van der Waals surface area contributed by atoms with Crippen molar-refractivity contribution >= 4 is 28.5 Å². The van der Waals surface area contributed by atoms with E-state index in [1.807, 2.05) is 0 Å². The molecule has 0 atom stereocenters. The van der Waals surface area contributed by atoms with Crippen LogP contribution in [0.4, 0.5) is 10.3 Å². The quantitative estimate of drug-likeness (QED) is 0.146. The minimum Gasteiger partial charge on any atom is -0.508 e. The van der Waals surface area contributed by atoms with Gasteiger partial charge >= 0.3 is 0 Å².